The third kappa shape index (κ3) is 3.10. The van der Waals surface area contributed by atoms with Gasteiger partial charge in [-0.15, -0.1) is 0 Å². The molecule has 1 aromatic carbocycles. The molecule has 3 nitrogen and oxygen atoms in total. The van der Waals surface area contributed by atoms with Gasteiger partial charge in [0.05, 0.1) is 5.69 Å². The molecule has 0 atom stereocenters. The number of halogens is 1. The Hall–Kier alpha value is -1.61. The number of benzene rings is 1. The minimum Gasteiger partial charge on any atom is -0.370 e. The molecule has 4 heteroatoms. The first-order valence-electron chi connectivity index (χ1n) is 7.03. The molecule has 1 heterocycles. The van der Waals surface area contributed by atoms with Gasteiger partial charge in [-0.3, -0.25) is 0 Å². The first-order valence-corrected chi connectivity index (χ1v) is 7.41. The highest BCUT2D eigenvalue weighted by Crippen LogP contribution is 2.31. The van der Waals surface area contributed by atoms with E-state index in [-0.39, 0.29) is 0 Å². The quantitative estimate of drug-likeness (QED) is 0.881. The molecule has 1 aromatic heterocycles. The van der Waals surface area contributed by atoms with Crippen molar-refractivity contribution in [2.45, 2.75) is 33.6 Å². The van der Waals surface area contributed by atoms with Crippen LogP contribution in [0.2, 0.25) is 5.02 Å². The fraction of sp³-hybridized carbons (Fsp3) is 0.375. The van der Waals surface area contributed by atoms with E-state index in [1.54, 1.807) is 0 Å². The molecule has 0 saturated heterocycles. The van der Waals surface area contributed by atoms with Gasteiger partial charge in [-0.1, -0.05) is 43.6 Å². The van der Waals surface area contributed by atoms with E-state index in [1.807, 2.05) is 31.2 Å². The highest BCUT2D eigenvalue weighted by atomic mass is 35.5. The Morgan fingerprint density at radius 2 is 1.90 bits per heavy atom. The second kappa shape index (κ2) is 6.71. The summed E-state index contributed by atoms with van der Waals surface area (Å²) < 4.78 is 0. The van der Waals surface area contributed by atoms with Crippen molar-refractivity contribution in [1.82, 2.24) is 9.97 Å². The Bertz CT molecular complexity index is 596. The van der Waals surface area contributed by atoms with Crippen LogP contribution in [0, 0.1) is 6.92 Å². The van der Waals surface area contributed by atoms with E-state index in [1.165, 1.54) is 0 Å². The largest absolute Gasteiger partial charge is 0.370 e. The van der Waals surface area contributed by atoms with Gasteiger partial charge >= 0.3 is 0 Å². The average Bonchev–Trinajstić information content (AvgIpc) is 2.47. The predicted octanol–water partition coefficient (Wildman–Crippen LogP) is 4.49. The van der Waals surface area contributed by atoms with Crippen molar-refractivity contribution < 1.29 is 0 Å². The molecule has 2 aromatic rings. The molecule has 2 rings (SSSR count). The van der Waals surface area contributed by atoms with E-state index >= 15 is 0 Å². The third-order valence-corrected chi connectivity index (χ3v) is 3.51. The molecule has 1 N–H and O–H groups in total. The van der Waals surface area contributed by atoms with Crippen molar-refractivity contribution in [2.75, 3.05) is 11.9 Å². The highest BCUT2D eigenvalue weighted by Gasteiger charge is 2.13. The van der Waals surface area contributed by atoms with E-state index in [0.29, 0.717) is 0 Å². The average molecular weight is 290 g/mol. The third-order valence-electron chi connectivity index (χ3n) is 3.18. The molecule has 0 aliphatic carbocycles. The molecule has 0 fully saturated rings. The van der Waals surface area contributed by atoms with Gasteiger partial charge in [0, 0.05) is 29.1 Å². The monoisotopic (exact) mass is 289 g/mol. The number of anilines is 1. The lowest BCUT2D eigenvalue weighted by Gasteiger charge is -2.14. The van der Waals surface area contributed by atoms with E-state index in [2.05, 4.69) is 29.1 Å². The molecule has 0 spiro atoms. The molecule has 0 amide bonds. The fourth-order valence-electron chi connectivity index (χ4n) is 2.05. The number of hydrogen-bond donors (Lipinski definition) is 1. The Kier molecular flexibility index (Phi) is 4.96. The maximum absolute atomic E-state index is 6.30. The summed E-state index contributed by atoms with van der Waals surface area (Å²) in [4.78, 5) is 9.23. The lowest BCUT2D eigenvalue weighted by molar-refractivity contribution is 0.911. The van der Waals surface area contributed by atoms with E-state index < -0.39 is 0 Å². The summed E-state index contributed by atoms with van der Waals surface area (Å²) >= 11 is 6.30. The van der Waals surface area contributed by atoms with E-state index in [0.717, 1.165) is 52.9 Å². The van der Waals surface area contributed by atoms with Crippen molar-refractivity contribution in [3.8, 4) is 11.3 Å². The number of nitrogens with one attached hydrogen (secondary N) is 1. The minimum atomic E-state index is 0.720. The second-order valence-corrected chi connectivity index (χ2v) is 5.13. The molecule has 106 valence electrons. The first kappa shape index (κ1) is 14.8. The Labute approximate surface area is 125 Å². The highest BCUT2D eigenvalue weighted by molar-refractivity contribution is 6.33. The van der Waals surface area contributed by atoms with Gasteiger partial charge in [0.1, 0.15) is 11.6 Å². The van der Waals surface area contributed by atoms with Crippen molar-refractivity contribution in [2.24, 2.45) is 0 Å². The summed E-state index contributed by atoms with van der Waals surface area (Å²) in [5.74, 6) is 1.75. The molecule has 0 bridgehead atoms. The second-order valence-electron chi connectivity index (χ2n) is 4.72. The minimum absolute atomic E-state index is 0.720. The van der Waals surface area contributed by atoms with Crippen LogP contribution in [-0.2, 0) is 6.42 Å². The van der Waals surface area contributed by atoms with Crippen molar-refractivity contribution in [1.29, 1.82) is 0 Å². The lowest BCUT2D eigenvalue weighted by atomic mass is 10.1. The summed E-state index contributed by atoms with van der Waals surface area (Å²) in [7, 11) is 0. The molecule has 20 heavy (non-hydrogen) atoms. The Morgan fingerprint density at radius 3 is 2.55 bits per heavy atom. The van der Waals surface area contributed by atoms with Gasteiger partial charge in [-0.2, -0.15) is 0 Å². The van der Waals surface area contributed by atoms with Crippen LogP contribution in [-0.4, -0.2) is 16.5 Å². The Balaban J connectivity index is 2.54. The first-order chi connectivity index (χ1) is 9.67. The van der Waals surface area contributed by atoms with Crippen LogP contribution in [0.4, 0.5) is 5.82 Å². The number of nitrogens with zero attached hydrogens (tertiary/aromatic N) is 2. The molecular weight excluding hydrogens is 270 g/mol. The van der Waals surface area contributed by atoms with Crippen LogP contribution in [0.1, 0.15) is 31.7 Å². The number of aryl methyl sites for hydroxylation is 1. The lowest BCUT2D eigenvalue weighted by Crippen LogP contribution is -2.08. The van der Waals surface area contributed by atoms with E-state index in [4.69, 9.17) is 11.6 Å². The molecule has 0 aliphatic heterocycles. The van der Waals surface area contributed by atoms with Gasteiger partial charge in [-0.25, -0.2) is 9.97 Å². The normalized spacial score (nSPS) is 10.6. The zero-order valence-electron chi connectivity index (χ0n) is 12.2. The van der Waals surface area contributed by atoms with Crippen LogP contribution >= 0.6 is 11.6 Å². The van der Waals surface area contributed by atoms with Gasteiger partial charge in [0.25, 0.3) is 0 Å². The van der Waals surface area contributed by atoms with Crippen molar-refractivity contribution in [3.63, 3.8) is 0 Å². The summed E-state index contributed by atoms with van der Waals surface area (Å²) in [6, 6.07) is 7.80. The summed E-state index contributed by atoms with van der Waals surface area (Å²) in [5.41, 5.74) is 2.92. The molecule has 0 saturated carbocycles. The fourth-order valence-corrected chi connectivity index (χ4v) is 2.28. The number of aromatic nitrogens is 2. The van der Waals surface area contributed by atoms with Gasteiger partial charge in [0.15, 0.2) is 0 Å². The van der Waals surface area contributed by atoms with E-state index in [9.17, 15) is 0 Å². The topological polar surface area (TPSA) is 37.8 Å². The summed E-state index contributed by atoms with van der Waals surface area (Å²) in [6.45, 7) is 7.14. The molecule has 0 radical (unpaired) electrons. The zero-order chi connectivity index (χ0) is 14.5. The molecular formula is C16H20ClN3. The van der Waals surface area contributed by atoms with Crippen LogP contribution in [0.15, 0.2) is 24.3 Å². The number of rotatable bonds is 5. The maximum Gasteiger partial charge on any atom is 0.133 e. The van der Waals surface area contributed by atoms with Crippen molar-refractivity contribution in [3.05, 3.63) is 40.7 Å². The summed E-state index contributed by atoms with van der Waals surface area (Å²) in [6.07, 6.45) is 1.87. The maximum atomic E-state index is 6.30. The SMILES string of the molecule is CCCNc1nc(CC)nc(-c2ccccc2Cl)c1C. The smallest absolute Gasteiger partial charge is 0.133 e. The zero-order valence-corrected chi connectivity index (χ0v) is 13.0. The van der Waals surface area contributed by atoms with Gasteiger partial charge < -0.3 is 5.32 Å². The van der Waals surface area contributed by atoms with Crippen LogP contribution in [0.5, 0.6) is 0 Å². The number of hydrogen-bond acceptors (Lipinski definition) is 3. The van der Waals surface area contributed by atoms with Gasteiger partial charge in [-0.05, 0) is 19.4 Å². The van der Waals surface area contributed by atoms with Crippen LogP contribution in [0.25, 0.3) is 11.3 Å². The van der Waals surface area contributed by atoms with Crippen LogP contribution < -0.4 is 5.32 Å². The predicted molar refractivity (Wildman–Crippen MR) is 85.4 cm³/mol. The standard InChI is InChI=1S/C16H20ClN3/c1-4-10-18-16-11(3)15(19-14(5-2)20-16)12-8-6-7-9-13(12)17/h6-9H,4-5,10H2,1-3H3,(H,18,19,20). The summed E-state index contributed by atoms with van der Waals surface area (Å²) in [5, 5.41) is 4.09. The van der Waals surface area contributed by atoms with Crippen LogP contribution in [0.3, 0.4) is 0 Å². The molecule has 0 unspecified atom stereocenters. The van der Waals surface area contributed by atoms with Crippen molar-refractivity contribution >= 4 is 17.4 Å². The Morgan fingerprint density at radius 1 is 1.15 bits per heavy atom. The van der Waals surface area contributed by atoms with Gasteiger partial charge in [0.2, 0.25) is 0 Å². The molecule has 0 aliphatic rings.